The highest BCUT2D eigenvalue weighted by Gasteiger charge is 2.34. The van der Waals surface area contributed by atoms with Crippen molar-refractivity contribution in [3.05, 3.63) is 59.9 Å². The van der Waals surface area contributed by atoms with Crippen LogP contribution in [0.1, 0.15) is 11.1 Å². The average Bonchev–Trinajstić information content (AvgIpc) is 3.21. The molecule has 1 aromatic heterocycles. The first kappa shape index (κ1) is 14.7. The van der Waals surface area contributed by atoms with Gasteiger partial charge in [0.2, 0.25) is 0 Å². The van der Waals surface area contributed by atoms with Crippen molar-refractivity contribution >= 4 is 10.8 Å². The Morgan fingerprint density at radius 1 is 1.29 bits per heavy atom. The van der Waals surface area contributed by atoms with Gasteiger partial charge in [-0.25, -0.2) is 0 Å². The first-order valence-corrected chi connectivity index (χ1v) is 8.01. The third-order valence-electron chi connectivity index (χ3n) is 4.39. The Bertz CT molecular complexity index is 925. The van der Waals surface area contributed by atoms with Crippen LogP contribution in [0.2, 0.25) is 0 Å². The van der Waals surface area contributed by atoms with Crippen molar-refractivity contribution in [3.8, 4) is 11.8 Å². The van der Waals surface area contributed by atoms with E-state index < -0.39 is 0 Å². The van der Waals surface area contributed by atoms with Crippen molar-refractivity contribution in [1.29, 1.82) is 5.26 Å². The van der Waals surface area contributed by atoms with Crippen LogP contribution in [-0.2, 0) is 13.6 Å². The van der Waals surface area contributed by atoms with Gasteiger partial charge >= 0.3 is 0 Å². The SMILES string of the molecule is Cn1cc(CN2CC2COc2c(C#N)ccc3ccccc23)cn1. The van der Waals surface area contributed by atoms with Gasteiger partial charge in [0, 0.05) is 37.3 Å². The minimum Gasteiger partial charge on any atom is -0.490 e. The topological polar surface area (TPSA) is 53.9 Å². The highest BCUT2D eigenvalue weighted by molar-refractivity contribution is 5.90. The molecular formula is C19H18N4O. The predicted molar refractivity (Wildman–Crippen MR) is 91.6 cm³/mol. The maximum absolute atomic E-state index is 9.36. The number of hydrogen-bond acceptors (Lipinski definition) is 4. The first-order valence-electron chi connectivity index (χ1n) is 8.01. The number of nitriles is 1. The first-order chi connectivity index (χ1) is 11.7. The predicted octanol–water partition coefficient (Wildman–Crippen LogP) is 2.71. The van der Waals surface area contributed by atoms with E-state index in [1.54, 1.807) is 0 Å². The van der Waals surface area contributed by atoms with Crippen LogP contribution in [0.25, 0.3) is 10.8 Å². The quantitative estimate of drug-likeness (QED) is 0.679. The van der Waals surface area contributed by atoms with Crippen LogP contribution in [0.15, 0.2) is 48.8 Å². The number of nitrogens with zero attached hydrogens (tertiary/aromatic N) is 4. The van der Waals surface area contributed by atoms with Crippen molar-refractivity contribution in [1.82, 2.24) is 14.7 Å². The third kappa shape index (κ3) is 2.84. The van der Waals surface area contributed by atoms with Crippen LogP contribution in [0.5, 0.6) is 5.75 Å². The Kier molecular flexibility index (Phi) is 3.68. The van der Waals surface area contributed by atoms with E-state index in [0.717, 1.165) is 23.9 Å². The highest BCUT2D eigenvalue weighted by Crippen LogP contribution is 2.31. The summed E-state index contributed by atoms with van der Waals surface area (Å²) in [7, 11) is 1.93. The second-order valence-corrected chi connectivity index (χ2v) is 6.19. The van der Waals surface area contributed by atoms with Gasteiger partial charge in [0.25, 0.3) is 0 Å². The maximum Gasteiger partial charge on any atom is 0.144 e. The molecule has 5 nitrogen and oxygen atoms in total. The Morgan fingerprint density at radius 3 is 2.96 bits per heavy atom. The lowest BCUT2D eigenvalue weighted by Crippen LogP contribution is -2.11. The summed E-state index contributed by atoms with van der Waals surface area (Å²) in [6, 6.07) is 14.4. The Hall–Kier alpha value is -2.84. The van der Waals surface area contributed by atoms with Gasteiger partial charge in [0.05, 0.1) is 17.8 Å². The molecule has 3 aromatic rings. The minimum absolute atomic E-state index is 0.399. The normalized spacial score (nSPS) is 19.2. The highest BCUT2D eigenvalue weighted by atomic mass is 16.5. The molecule has 0 amide bonds. The van der Waals surface area contributed by atoms with Gasteiger partial charge in [0.1, 0.15) is 18.4 Å². The number of fused-ring (bicyclic) bond motifs is 1. The van der Waals surface area contributed by atoms with Gasteiger partial charge in [-0.15, -0.1) is 0 Å². The summed E-state index contributed by atoms with van der Waals surface area (Å²) in [6.07, 6.45) is 3.93. The van der Waals surface area contributed by atoms with E-state index in [9.17, 15) is 5.26 Å². The van der Waals surface area contributed by atoms with E-state index in [0.29, 0.717) is 24.0 Å². The largest absolute Gasteiger partial charge is 0.490 e. The van der Waals surface area contributed by atoms with Crippen molar-refractivity contribution in [2.75, 3.05) is 13.2 Å². The smallest absolute Gasteiger partial charge is 0.144 e. The van der Waals surface area contributed by atoms with E-state index in [1.165, 1.54) is 5.56 Å². The molecule has 2 unspecified atom stereocenters. The van der Waals surface area contributed by atoms with Crippen LogP contribution in [-0.4, -0.2) is 33.9 Å². The Labute approximate surface area is 140 Å². The lowest BCUT2D eigenvalue weighted by molar-refractivity contribution is 0.295. The van der Waals surface area contributed by atoms with Gasteiger partial charge in [-0.3, -0.25) is 9.58 Å². The van der Waals surface area contributed by atoms with E-state index in [2.05, 4.69) is 16.1 Å². The van der Waals surface area contributed by atoms with Crippen LogP contribution >= 0.6 is 0 Å². The van der Waals surface area contributed by atoms with Crippen molar-refractivity contribution in [2.45, 2.75) is 12.6 Å². The molecule has 1 fully saturated rings. The molecular weight excluding hydrogens is 300 g/mol. The molecule has 2 heterocycles. The van der Waals surface area contributed by atoms with Gasteiger partial charge in [-0.05, 0) is 11.5 Å². The molecule has 0 bridgehead atoms. The zero-order valence-electron chi connectivity index (χ0n) is 13.5. The van der Waals surface area contributed by atoms with Crippen molar-refractivity contribution < 1.29 is 4.74 Å². The van der Waals surface area contributed by atoms with Gasteiger partial charge in [0.15, 0.2) is 0 Å². The molecule has 0 radical (unpaired) electrons. The van der Waals surface area contributed by atoms with Gasteiger partial charge < -0.3 is 4.74 Å². The fourth-order valence-corrected chi connectivity index (χ4v) is 3.03. The fraction of sp³-hybridized carbons (Fsp3) is 0.263. The summed E-state index contributed by atoms with van der Waals surface area (Å²) in [5, 5.41) is 15.6. The number of aromatic nitrogens is 2. The monoisotopic (exact) mass is 318 g/mol. The molecule has 0 aliphatic carbocycles. The molecule has 24 heavy (non-hydrogen) atoms. The van der Waals surface area contributed by atoms with E-state index in [-0.39, 0.29) is 0 Å². The van der Waals surface area contributed by atoms with Gasteiger partial charge in [-0.1, -0.05) is 30.3 Å². The van der Waals surface area contributed by atoms with E-state index in [1.807, 2.05) is 60.5 Å². The van der Waals surface area contributed by atoms with Crippen LogP contribution in [0.3, 0.4) is 0 Å². The second-order valence-electron chi connectivity index (χ2n) is 6.19. The number of hydrogen-bond donors (Lipinski definition) is 0. The van der Waals surface area contributed by atoms with E-state index in [4.69, 9.17) is 4.74 Å². The zero-order valence-corrected chi connectivity index (χ0v) is 13.5. The standard InChI is InChI=1S/C19H18N4O/c1-22-10-14(9-21-22)11-23-12-17(23)13-24-19-16(8-20)7-6-15-4-2-3-5-18(15)19/h2-7,9-10,17H,11-13H2,1H3. The minimum atomic E-state index is 0.399. The van der Waals surface area contributed by atoms with Crippen LogP contribution in [0.4, 0.5) is 0 Å². The lowest BCUT2D eigenvalue weighted by Gasteiger charge is -2.11. The summed E-state index contributed by atoms with van der Waals surface area (Å²) in [4.78, 5) is 2.34. The summed E-state index contributed by atoms with van der Waals surface area (Å²) in [5.74, 6) is 0.698. The summed E-state index contributed by atoms with van der Waals surface area (Å²) in [6.45, 7) is 2.51. The molecule has 120 valence electrons. The number of aryl methyl sites for hydroxylation is 1. The summed E-state index contributed by atoms with van der Waals surface area (Å²) < 4.78 is 7.87. The molecule has 0 N–H and O–H groups in total. The van der Waals surface area contributed by atoms with Crippen molar-refractivity contribution in [3.63, 3.8) is 0 Å². The second kappa shape index (κ2) is 5.99. The Morgan fingerprint density at radius 2 is 2.17 bits per heavy atom. The fourth-order valence-electron chi connectivity index (χ4n) is 3.03. The molecule has 2 atom stereocenters. The molecule has 1 aliphatic heterocycles. The van der Waals surface area contributed by atoms with E-state index >= 15 is 0 Å². The van der Waals surface area contributed by atoms with Crippen LogP contribution < -0.4 is 4.74 Å². The summed E-state index contributed by atoms with van der Waals surface area (Å²) in [5.41, 5.74) is 1.80. The number of rotatable bonds is 5. The average molecular weight is 318 g/mol. The maximum atomic E-state index is 9.36. The van der Waals surface area contributed by atoms with Gasteiger partial charge in [-0.2, -0.15) is 10.4 Å². The molecule has 5 heteroatoms. The molecule has 4 rings (SSSR count). The van der Waals surface area contributed by atoms with Crippen molar-refractivity contribution in [2.24, 2.45) is 7.05 Å². The molecule has 1 aliphatic rings. The number of ether oxygens (including phenoxy) is 1. The molecule has 1 saturated heterocycles. The Balaban J connectivity index is 1.45. The zero-order chi connectivity index (χ0) is 16.5. The lowest BCUT2D eigenvalue weighted by atomic mass is 10.1. The third-order valence-corrected chi connectivity index (χ3v) is 4.39. The molecule has 2 aromatic carbocycles. The molecule has 0 saturated carbocycles. The van der Waals surface area contributed by atoms with Crippen LogP contribution in [0, 0.1) is 11.3 Å². The summed E-state index contributed by atoms with van der Waals surface area (Å²) >= 11 is 0. The number of benzene rings is 2. The molecule has 0 spiro atoms.